The fourth-order valence-corrected chi connectivity index (χ4v) is 3.62. The number of primary amides is 1. The van der Waals surface area contributed by atoms with E-state index in [0.717, 1.165) is 29.9 Å². The number of piperidine rings is 1. The Morgan fingerprint density at radius 3 is 2.93 bits per heavy atom. The van der Waals surface area contributed by atoms with Gasteiger partial charge in [0.25, 0.3) is 0 Å². The van der Waals surface area contributed by atoms with Gasteiger partial charge in [-0.1, -0.05) is 18.1 Å². The highest BCUT2D eigenvalue weighted by atomic mass is 16.7. The quantitative estimate of drug-likeness (QED) is 0.839. The van der Waals surface area contributed by atoms with Crippen LogP contribution in [-0.2, 0) is 17.8 Å². The fraction of sp³-hybridized carbons (Fsp3) is 0.444. The minimum Gasteiger partial charge on any atom is -0.454 e. The lowest BCUT2D eigenvalue weighted by molar-refractivity contribution is -0.138. The second-order valence-electron chi connectivity index (χ2n) is 7.30. The lowest BCUT2D eigenvalue weighted by Crippen LogP contribution is -2.45. The number of ether oxygens (including phenoxy) is 2. The number of carbonyl (C=O) groups is 2. The molecule has 0 radical (unpaired) electrons. The van der Waals surface area contributed by atoms with Crippen molar-refractivity contribution in [2.45, 2.75) is 32.7 Å². The van der Waals surface area contributed by atoms with Gasteiger partial charge in [-0.2, -0.15) is 4.98 Å². The Balaban J connectivity index is 1.46. The SMILES string of the molecule is CC1(Cc2ccc3c(c2)OCO3)CCC(=O)N(Cc2noc(C(N)=O)n2)C1. The van der Waals surface area contributed by atoms with E-state index in [0.29, 0.717) is 13.0 Å². The third-order valence-corrected chi connectivity index (χ3v) is 4.95. The number of aromatic nitrogens is 2. The topological polar surface area (TPSA) is 121 Å². The van der Waals surface area contributed by atoms with Crippen molar-refractivity contribution in [2.75, 3.05) is 13.3 Å². The van der Waals surface area contributed by atoms with Gasteiger partial charge in [-0.05, 0) is 36.0 Å². The maximum Gasteiger partial charge on any atom is 0.315 e. The van der Waals surface area contributed by atoms with E-state index in [9.17, 15) is 9.59 Å². The molecule has 2 aromatic rings. The molecule has 1 unspecified atom stereocenters. The molecule has 0 aliphatic carbocycles. The number of amides is 2. The monoisotopic (exact) mass is 372 g/mol. The molecule has 27 heavy (non-hydrogen) atoms. The van der Waals surface area contributed by atoms with Crippen LogP contribution in [0.5, 0.6) is 11.5 Å². The van der Waals surface area contributed by atoms with Crippen molar-refractivity contribution >= 4 is 11.8 Å². The molecule has 9 nitrogen and oxygen atoms in total. The van der Waals surface area contributed by atoms with Crippen molar-refractivity contribution in [2.24, 2.45) is 11.1 Å². The van der Waals surface area contributed by atoms with Gasteiger partial charge < -0.3 is 24.6 Å². The Labute approximate surface area is 155 Å². The first kappa shape index (κ1) is 17.3. The molecule has 2 amide bonds. The summed E-state index contributed by atoms with van der Waals surface area (Å²) in [5.41, 5.74) is 6.15. The summed E-state index contributed by atoms with van der Waals surface area (Å²) in [6.07, 6.45) is 2.03. The zero-order valence-corrected chi connectivity index (χ0v) is 14.9. The van der Waals surface area contributed by atoms with E-state index in [-0.39, 0.29) is 36.4 Å². The third kappa shape index (κ3) is 3.57. The van der Waals surface area contributed by atoms with Crippen LogP contribution >= 0.6 is 0 Å². The summed E-state index contributed by atoms with van der Waals surface area (Å²) in [4.78, 5) is 29.1. The van der Waals surface area contributed by atoms with Gasteiger partial charge in [0.1, 0.15) is 0 Å². The smallest absolute Gasteiger partial charge is 0.315 e. The van der Waals surface area contributed by atoms with Gasteiger partial charge in [0.05, 0.1) is 6.54 Å². The van der Waals surface area contributed by atoms with Gasteiger partial charge in [0.2, 0.25) is 12.7 Å². The second-order valence-corrected chi connectivity index (χ2v) is 7.30. The number of fused-ring (bicyclic) bond motifs is 1. The van der Waals surface area contributed by atoms with Crippen LogP contribution in [0.2, 0.25) is 0 Å². The molecule has 1 saturated heterocycles. The molecule has 3 heterocycles. The highest BCUT2D eigenvalue weighted by Gasteiger charge is 2.36. The van der Waals surface area contributed by atoms with Crippen molar-refractivity contribution < 1.29 is 23.6 Å². The normalized spacial score (nSPS) is 21.5. The fourth-order valence-electron chi connectivity index (χ4n) is 3.62. The summed E-state index contributed by atoms with van der Waals surface area (Å²) in [5, 5.41) is 3.73. The van der Waals surface area contributed by atoms with Crippen molar-refractivity contribution in [1.29, 1.82) is 0 Å². The molecular formula is C18H20N4O5. The van der Waals surface area contributed by atoms with Crippen LogP contribution in [0, 0.1) is 5.41 Å². The van der Waals surface area contributed by atoms with Crippen LogP contribution < -0.4 is 15.2 Å². The van der Waals surface area contributed by atoms with Gasteiger partial charge >= 0.3 is 11.8 Å². The highest BCUT2D eigenvalue weighted by Crippen LogP contribution is 2.38. The Kier molecular flexibility index (Phi) is 4.21. The third-order valence-electron chi connectivity index (χ3n) is 4.95. The molecule has 142 valence electrons. The summed E-state index contributed by atoms with van der Waals surface area (Å²) in [5.74, 6) is 0.773. The minimum atomic E-state index is -0.786. The molecule has 2 aliphatic heterocycles. The average molecular weight is 372 g/mol. The molecule has 1 aromatic heterocycles. The molecule has 1 aromatic carbocycles. The number of benzene rings is 1. The first-order valence-corrected chi connectivity index (χ1v) is 8.71. The van der Waals surface area contributed by atoms with Crippen molar-refractivity contribution in [1.82, 2.24) is 15.0 Å². The average Bonchev–Trinajstić information content (AvgIpc) is 3.27. The van der Waals surface area contributed by atoms with Crippen molar-refractivity contribution in [3.63, 3.8) is 0 Å². The van der Waals surface area contributed by atoms with Crippen molar-refractivity contribution in [3.05, 3.63) is 35.5 Å². The predicted molar refractivity (Wildman–Crippen MR) is 91.8 cm³/mol. The summed E-state index contributed by atoms with van der Waals surface area (Å²) in [7, 11) is 0. The van der Waals surface area contributed by atoms with E-state index in [1.807, 2.05) is 18.2 Å². The summed E-state index contributed by atoms with van der Waals surface area (Å²) >= 11 is 0. The molecule has 9 heteroatoms. The van der Waals surface area contributed by atoms with E-state index >= 15 is 0 Å². The van der Waals surface area contributed by atoms with Crippen LogP contribution in [0.4, 0.5) is 0 Å². The van der Waals surface area contributed by atoms with Crippen molar-refractivity contribution in [3.8, 4) is 11.5 Å². The molecule has 1 fully saturated rings. The number of nitrogens with zero attached hydrogens (tertiary/aromatic N) is 3. The van der Waals surface area contributed by atoms with Gasteiger partial charge in [0, 0.05) is 13.0 Å². The molecule has 0 spiro atoms. The first-order chi connectivity index (χ1) is 12.9. The Morgan fingerprint density at radius 1 is 1.33 bits per heavy atom. The Bertz CT molecular complexity index is 896. The summed E-state index contributed by atoms with van der Waals surface area (Å²) < 4.78 is 15.6. The van der Waals surface area contributed by atoms with Crippen LogP contribution in [0.1, 0.15) is 41.8 Å². The first-order valence-electron chi connectivity index (χ1n) is 8.71. The minimum absolute atomic E-state index is 0.0311. The second kappa shape index (κ2) is 6.57. The summed E-state index contributed by atoms with van der Waals surface area (Å²) in [6, 6.07) is 5.93. The molecule has 4 rings (SSSR count). The molecular weight excluding hydrogens is 352 g/mol. The van der Waals surface area contributed by atoms with Gasteiger partial charge in [-0.15, -0.1) is 0 Å². The largest absolute Gasteiger partial charge is 0.454 e. The lowest BCUT2D eigenvalue weighted by atomic mass is 9.76. The van der Waals surface area contributed by atoms with Crippen LogP contribution in [0.15, 0.2) is 22.7 Å². The molecule has 2 aliphatic rings. The standard InChI is InChI=1S/C18H20N4O5/c1-18(7-11-2-3-12-13(6-11)26-10-25-12)5-4-15(23)22(9-18)8-14-20-17(16(19)24)27-21-14/h2-3,6H,4-5,7-10H2,1H3,(H2,19,24). The molecule has 2 N–H and O–H groups in total. The van der Waals surface area contributed by atoms with Crippen LogP contribution in [0.3, 0.4) is 0 Å². The maximum atomic E-state index is 12.3. The van der Waals surface area contributed by atoms with E-state index in [2.05, 4.69) is 17.1 Å². The zero-order valence-electron chi connectivity index (χ0n) is 14.9. The van der Waals surface area contributed by atoms with Crippen LogP contribution in [-0.4, -0.2) is 40.2 Å². The van der Waals surface area contributed by atoms with Gasteiger partial charge in [0.15, 0.2) is 17.3 Å². The maximum absolute atomic E-state index is 12.3. The molecule has 0 bridgehead atoms. The van der Waals surface area contributed by atoms with E-state index in [4.69, 9.17) is 19.7 Å². The van der Waals surface area contributed by atoms with Crippen LogP contribution in [0.25, 0.3) is 0 Å². The molecule has 0 saturated carbocycles. The predicted octanol–water partition coefficient (Wildman–Crippen LogP) is 1.27. The number of hydrogen-bond donors (Lipinski definition) is 1. The van der Waals surface area contributed by atoms with Gasteiger partial charge in [-0.25, -0.2) is 0 Å². The number of carbonyl (C=O) groups excluding carboxylic acids is 2. The number of hydrogen-bond acceptors (Lipinski definition) is 7. The Morgan fingerprint density at radius 2 is 2.15 bits per heavy atom. The van der Waals surface area contributed by atoms with E-state index in [1.165, 1.54) is 0 Å². The highest BCUT2D eigenvalue weighted by molar-refractivity contribution is 5.87. The number of rotatable bonds is 5. The number of likely N-dealkylation sites (tertiary alicyclic amines) is 1. The number of nitrogens with two attached hydrogens (primary N) is 1. The summed E-state index contributed by atoms with van der Waals surface area (Å²) in [6.45, 7) is 3.14. The lowest BCUT2D eigenvalue weighted by Gasteiger charge is -2.40. The van der Waals surface area contributed by atoms with E-state index in [1.54, 1.807) is 4.90 Å². The van der Waals surface area contributed by atoms with E-state index < -0.39 is 5.91 Å². The van der Waals surface area contributed by atoms with Gasteiger partial charge in [-0.3, -0.25) is 9.59 Å². The Hall–Kier alpha value is -3.10. The molecule has 1 atom stereocenters. The zero-order chi connectivity index (χ0) is 19.0.